The van der Waals surface area contributed by atoms with Gasteiger partial charge in [0.15, 0.2) is 0 Å². The van der Waals surface area contributed by atoms with Gasteiger partial charge in [0.25, 0.3) is 0 Å². The predicted molar refractivity (Wildman–Crippen MR) is 62.5 cm³/mol. The van der Waals surface area contributed by atoms with Gasteiger partial charge in [-0.2, -0.15) is 0 Å². The first-order valence-corrected chi connectivity index (χ1v) is 6.23. The van der Waals surface area contributed by atoms with Gasteiger partial charge in [-0.1, -0.05) is 6.07 Å². The number of amidine groups is 1. The zero-order valence-electron chi connectivity index (χ0n) is 8.94. The molecule has 0 amide bonds. The van der Waals surface area contributed by atoms with Crippen molar-refractivity contribution in [3.63, 3.8) is 0 Å². The number of hydrogen-bond donors (Lipinski definition) is 3. The summed E-state index contributed by atoms with van der Waals surface area (Å²) in [5.74, 6) is 0.0863. The third-order valence-corrected chi connectivity index (χ3v) is 2.40. The van der Waals surface area contributed by atoms with E-state index in [4.69, 9.17) is 15.9 Å². The van der Waals surface area contributed by atoms with Crippen LogP contribution in [-0.2, 0) is 10.0 Å². The van der Waals surface area contributed by atoms with Gasteiger partial charge in [0, 0.05) is 5.56 Å². The van der Waals surface area contributed by atoms with Crippen LogP contribution in [0.15, 0.2) is 18.2 Å². The van der Waals surface area contributed by atoms with E-state index in [2.05, 4.69) is 4.72 Å². The van der Waals surface area contributed by atoms with Gasteiger partial charge >= 0.3 is 0 Å². The molecule has 6 nitrogen and oxygen atoms in total. The fourth-order valence-electron chi connectivity index (χ4n) is 1.22. The molecule has 0 heterocycles. The fraction of sp³-hybridized carbons (Fsp3) is 0.222. The molecular formula is C9H13N3O3S. The van der Waals surface area contributed by atoms with E-state index in [1.807, 2.05) is 0 Å². The van der Waals surface area contributed by atoms with Gasteiger partial charge in [-0.15, -0.1) is 0 Å². The number of methoxy groups -OCH3 is 1. The number of rotatable bonds is 4. The Labute approximate surface area is 94.0 Å². The molecule has 0 aromatic heterocycles. The maximum atomic E-state index is 11.2. The van der Waals surface area contributed by atoms with Crippen LogP contribution in [0.2, 0.25) is 0 Å². The number of nitrogens with one attached hydrogen (secondary N) is 2. The summed E-state index contributed by atoms with van der Waals surface area (Å²) in [7, 11) is -2.04. The standard InChI is InChI=1S/C9H13N3O3S/c1-15-7-5-3-4-6(9(10)11)8(7)12-16(2,13)14/h3-5,12H,1-2H3,(H3,10,11). The molecule has 88 valence electrons. The first-order chi connectivity index (χ1) is 7.35. The molecule has 1 aromatic rings. The van der Waals surface area contributed by atoms with E-state index in [9.17, 15) is 8.42 Å². The summed E-state index contributed by atoms with van der Waals surface area (Å²) < 4.78 is 29.6. The molecular weight excluding hydrogens is 230 g/mol. The second kappa shape index (κ2) is 4.40. The maximum Gasteiger partial charge on any atom is 0.229 e. The third kappa shape index (κ3) is 2.86. The predicted octanol–water partition coefficient (Wildman–Crippen LogP) is 0.351. The van der Waals surface area contributed by atoms with Crippen LogP contribution < -0.4 is 15.2 Å². The number of sulfonamides is 1. The number of hydrogen-bond acceptors (Lipinski definition) is 4. The van der Waals surface area contributed by atoms with E-state index in [0.29, 0.717) is 5.75 Å². The van der Waals surface area contributed by atoms with Gasteiger partial charge < -0.3 is 10.5 Å². The van der Waals surface area contributed by atoms with Crippen molar-refractivity contribution in [2.75, 3.05) is 18.1 Å². The second-order valence-electron chi connectivity index (χ2n) is 3.17. The molecule has 0 unspecified atom stereocenters. The Balaban J connectivity index is 3.36. The summed E-state index contributed by atoms with van der Waals surface area (Å²) in [5, 5.41) is 7.34. The maximum absolute atomic E-state index is 11.2. The van der Waals surface area contributed by atoms with Crippen LogP contribution in [0.4, 0.5) is 5.69 Å². The molecule has 4 N–H and O–H groups in total. The monoisotopic (exact) mass is 243 g/mol. The van der Waals surface area contributed by atoms with Crippen LogP contribution in [0.5, 0.6) is 5.75 Å². The van der Waals surface area contributed by atoms with Gasteiger partial charge in [0.05, 0.1) is 13.4 Å². The summed E-state index contributed by atoms with van der Waals surface area (Å²) in [4.78, 5) is 0. The van der Waals surface area contributed by atoms with Crippen LogP contribution in [0, 0.1) is 5.41 Å². The molecule has 0 saturated heterocycles. The fourth-order valence-corrected chi connectivity index (χ4v) is 1.80. The Hall–Kier alpha value is -1.76. The van der Waals surface area contributed by atoms with Crippen molar-refractivity contribution in [1.29, 1.82) is 5.41 Å². The minimum absolute atomic E-state index is 0.181. The van der Waals surface area contributed by atoms with Gasteiger partial charge in [-0.3, -0.25) is 10.1 Å². The number of nitrogens with two attached hydrogens (primary N) is 1. The van der Waals surface area contributed by atoms with E-state index < -0.39 is 10.0 Å². The quantitative estimate of drug-likeness (QED) is 0.524. The van der Waals surface area contributed by atoms with Crippen LogP contribution >= 0.6 is 0 Å². The molecule has 0 fully saturated rings. The van der Waals surface area contributed by atoms with E-state index in [1.54, 1.807) is 18.2 Å². The van der Waals surface area contributed by atoms with Crippen molar-refractivity contribution in [3.8, 4) is 5.75 Å². The largest absolute Gasteiger partial charge is 0.495 e. The van der Waals surface area contributed by atoms with E-state index in [1.165, 1.54) is 7.11 Å². The first kappa shape index (κ1) is 12.3. The first-order valence-electron chi connectivity index (χ1n) is 4.34. The van der Waals surface area contributed by atoms with Gasteiger partial charge in [-0.05, 0) is 12.1 Å². The molecule has 0 atom stereocenters. The summed E-state index contributed by atoms with van der Waals surface area (Å²) in [6, 6.07) is 4.75. The third-order valence-electron chi connectivity index (χ3n) is 1.82. The highest BCUT2D eigenvalue weighted by Crippen LogP contribution is 2.28. The molecule has 0 saturated carbocycles. The summed E-state index contributed by atoms with van der Waals surface area (Å²) in [6.07, 6.45) is 1.02. The number of anilines is 1. The van der Waals surface area contributed by atoms with Gasteiger partial charge in [-0.25, -0.2) is 8.42 Å². The zero-order chi connectivity index (χ0) is 12.3. The number of ether oxygens (including phenoxy) is 1. The highest BCUT2D eigenvalue weighted by molar-refractivity contribution is 7.92. The summed E-state index contributed by atoms with van der Waals surface area (Å²) >= 11 is 0. The Bertz CT molecular complexity index is 511. The average molecular weight is 243 g/mol. The SMILES string of the molecule is COc1cccc(C(=N)N)c1NS(C)(=O)=O. The molecule has 0 aliphatic heterocycles. The summed E-state index contributed by atoms with van der Waals surface area (Å²) in [5.41, 5.74) is 5.81. The minimum atomic E-state index is -3.45. The smallest absolute Gasteiger partial charge is 0.229 e. The van der Waals surface area contributed by atoms with Crippen molar-refractivity contribution in [2.24, 2.45) is 5.73 Å². The van der Waals surface area contributed by atoms with Gasteiger partial charge in [0.2, 0.25) is 10.0 Å². The molecule has 0 radical (unpaired) electrons. The second-order valence-corrected chi connectivity index (χ2v) is 4.92. The Kier molecular flexibility index (Phi) is 3.38. The lowest BCUT2D eigenvalue weighted by Gasteiger charge is -2.13. The van der Waals surface area contributed by atoms with Crippen LogP contribution in [-0.4, -0.2) is 27.6 Å². The Morgan fingerprint density at radius 2 is 2.12 bits per heavy atom. The Morgan fingerprint density at radius 3 is 2.56 bits per heavy atom. The molecule has 0 aliphatic carbocycles. The van der Waals surface area contributed by atoms with Crippen molar-refractivity contribution < 1.29 is 13.2 Å². The van der Waals surface area contributed by atoms with Crippen molar-refractivity contribution in [3.05, 3.63) is 23.8 Å². The average Bonchev–Trinajstić information content (AvgIpc) is 2.15. The Morgan fingerprint density at radius 1 is 1.50 bits per heavy atom. The molecule has 0 aliphatic rings. The summed E-state index contributed by atoms with van der Waals surface area (Å²) in [6.45, 7) is 0. The molecule has 7 heteroatoms. The van der Waals surface area contributed by atoms with E-state index in [-0.39, 0.29) is 17.1 Å². The van der Waals surface area contributed by atoms with Gasteiger partial charge in [0.1, 0.15) is 17.3 Å². The highest BCUT2D eigenvalue weighted by atomic mass is 32.2. The van der Waals surface area contributed by atoms with Crippen LogP contribution in [0.3, 0.4) is 0 Å². The molecule has 0 spiro atoms. The van der Waals surface area contributed by atoms with Crippen molar-refractivity contribution >= 4 is 21.5 Å². The van der Waals surface area contributed by atoms with Crippen molar-refractivity contribution in [2.45, 2.75) is 0 Å². The highest BCUT2D eigenvalue weighted by Gasteiger charge is 2.14. The molecule has 1 rings (SSSR count). The zero-order valence-corrected chi connectivity index (χ0v) is 9.76. The minimum Gasteiger partial charge on any atom is -0.495 e. The van der Waals surface area contributed by atoms with Crippen LogP contribution in [0.1, 0.15) is 5.56 Å². The molecule has 1 aromatic carbocycles. The lowest BCUT2D eigenvalue weighted by Crippen LogP contribution is -2.18. The number of benzene rings is 1. The van der Waals surface area contributed by atoms with E-state index in [0.717, 1.165) is 6.26 Å². The van der Waals surface area contributed by atoms with E-state index >= 15 is 0 Å². The van der Waals surface area contributed by atoms with Crippen LogP contribution in [0.25, 0.3) is 0 Å². The number of nitrogen functional groups attached to an aromatic ring is 1. The van der Waals surface area contributed by atoms with Crippen molar-refractivity contribution in [1.82, 2.24) is 0 Å². The lowest BCUT2D eigenvalue weighted by molar-refractivity contribution is 0.417. The molecule has 0 bridgehead atoms. The topological polar surface area (TPSA) is 105 Å². The number of para-hydroxylation sites is 1. The molecule has 16 heavy (non-hydrogen) atoms. The normalized spacial score (nSPS) is 10.9. The lowest BCUT2D eigenvalue weighted by atomic mass is 10.1.